The number of alkyl halides is 1. The van der Waals surface area contributed by atoms with Crippen LogP contribution in [0.2, 0.25) is 0 Å². The molecule has 0 aliphatic carbocycles. The minimum atomic E-state index is -3.39. The fourth-order valence-electron chi connectivity index (χ4n) is 2.74. The van der Waals surface area contributed by atoms with Crippen LogP contribution in [0, 0.1) is 18.8 Å². The molecule has 0 bridgehead atoms. The molecule has 0 amide bonds. The Kier molecular flexibility index (Phi) is 4.77. The first-order chi connectivity index (χ1) is 9.37. The van der Waals surface area contributed by atoms with Gasteiger partial charge in [-0.25, -0.2) is 8.42 Å². The topological polar surface area (TPSA) is 37.4 Å². The van der Waals surface area contributed by atoms with Gasteiger partial charge >= 0.3 is 0 Å². The number of hydrogen-bond donors (Lipinski definition) is 0. The van der Waals surface area contributed by atoms with Crippen LogP contribution in [0.4, 0.5) is 0 Å². The van der Waals surface area contributed by atoms with E-state index in [0.717, 1.165) is 17.5 Å². The highest BCUT2D eigenvalue weighted by Crippen LogP contribution is 2.30. The number of halogens is 1. The van der Waals surface area contributed by atoms with Gasteiger partial charge in [-0.05, 0) is 42.4 Å². The number of hydrogen-bond acceptors (Lipinski definition) is 2. The van der Waals surface area contributed by atoms with Crippen LogP contribution in [0.5, 0.6) is 0 Å². The molecule has 1 atom stereocenters. The van der Waals surface area contributed by atoms with Crippen LogP contribution in [0.3, 0.4) is 0 Å². The van der Waals surface area contributed by atoms with Crippen LogP contribution < -0.4 is 0 Å². The zero-order valence-electron chi connectivity index (χ0n) is 12.3. The Morgan fingerprint density at radius 1 is 1.40 bits per heavy atom. The lowest BCUT2D eigenvalue weighted by molar-refractivity contribution is 0.388. The number of rotatable bonds is 4. The maximum atomic E-state index is 12.8. The fourth-order valence-corrected chi connectivity index (χ4v) is 4.81. The molecule has 1 aliphatic rings. The molecule has 1 aromatic carbocycles. The van der Waals surface area contributed by atoms with Crippen molar-refractivity contribution < 1.29 is 8.42 Å². The Morgan fingerprint density at radius 3 is 2.65 bits per heavy atom. The predicted molar refractivity (Wildman–Crippen MR) is 82.4 cm³/mol. The second-order valence-electron chi connectivity index (χ2n) is 5.83. The van der Waals surface area contributed by atoms with Crippen molar-refractivity contribution >= 4 is 21.6 Å². The third-order valence-electron chi connectivity index (χ3n) is 4.29. The molecule has 1 unspecified atom stereocenters. The zero-order chi connectivity index (χ0) is 14.9. The summed E-state index contributed by atoms with van der Waals surface area (Å²) >= 11 is 5.87. The molecule has 1 aliphatic heterocycles. The Morgan fingerprint density at radius 2 is 2.10 bits per heavy atom. The molecular formula is C15H22ClNO2S. The van der Waals surface area contributed by atoms with Gasteiger partial charge in [-0.1, -0.05) is 26.0 Å². The average molecular weight is 316 g/mol. The molecule has 1 fully saturated rings. The van der Waals surface area contributed by atoms with Gasteiger partial charge in [0.15, 0.2) is 0 Å². The molecule has 5 heteroatoms. The van der Waals surface area contributed by atoms with Gasteiger partial charge in [0.25, 0.3) is 0 Å². The molecule has 0 radical (unpaired) electrons. The molecule has 1 aromatic rings. The van der Waals surface area contributed by atoms with Crippen molar-refractivity contribution in [1.29, 1.82) is 0 Å². The lowest BCUT2D eigenvalue weighted by Crippen LogP contribution is -2.30. The van der Waals surface area contributed by atoms with Gasteiger partial charge < -0.3 is 0 Å². The van der Waals surface area contributed by atoms with Gasteiger partial charge in [0.1, 0.15) is 0 Å². The largest absolute Gasteiger partial charge is 0.243 e. The first-order valence-electron chi connectivity index (χ1n) is 7.02. The SMILES string of the molecule is Cc1c(CCl)cccc1S(=O)(=O)N1CCC(C(C)C)C1. The van der Waals surface area contributed by atoms with Crippen LogP contribution >= 0.6 is 11.6 Å². The van der Waals surface area contributed by atoms with E-state index in [1.807, 2.05) is 13.0 Å². The number of nitrogens with zero attached hydrogens (tertiary/aromatic N) is 1. The summed E-state index contributed by atoms with van der Waals surface area (Å²) in [4.78, 5) is 0.403. The molecule has 0 spiro atoms. The second kappa shape index (κ2) is 6.04. The van der Waals surface area contributed by atoms with E-state index in [1.54, 1.807) is 16.4 Å². The third kappa shape index (κ3) is 2.87. The summed E-state index contributed by atoms with van der Waals surface area (Å²) in [6, 6.07) is 5.33. The summed E-state index contributed by atoms with van der Waals surface area (Å²) in [5.74, 6) is 1.32. The summed E-state index contributed by atoms with van der Waals surface area (Å²) in [6.45, 7) is 7.39. The van der Waals surface area contributed by atoms with Crippen molar-refractivity contribution in [3.8, 4) is 0 Å². The molecule has 112 valence electrons. The summed E-state index contributed by atoms with van der Waals surface area (Å²) in [5.41, 5.74) is 1.66. The lowest BCUT2D eigenvalue weighted by Gasteiger charge is -2.20. The van der Waals surface area contributed by atoms with Crippen LogP contribution in [0.25, 0.3) is 0 Å². The van der Waals surface area contributed by atoms with Crippen molar-refractivity contribution in [2.24, 2.45) is 11.8 Å². The van der Waals surface area contributed by atoms with Crippen LogP contribution in [0.1, 0.15) is 31.4 Å². The standard InChI is InChI=1S/C15H22ClNO2S/c1-11(2)14-7-8-17(10-14)20(18,19)15-6-4-5-13(9-16)12(15)3/h4-6,11,14H,7-10H2,1-3H3. The van der Waals surface area contributed by atoms with Crippen molar-refractivity contribution in [2.75, 3.05) is 13.1 Å². The number of benzene rings is 1. The van der Waals surface area contributed by atoms with Gasteiger partial charge in [0.2, 0.25) is 10.0 Å². The zero-order valence-corrected chi connectivity index (χ0v) is 13.8. The Balaban J connectivity index is 2.33. The highest BCUT2D eigenvalue weighted by atomic mass is 35.5. The Hall–Kier alpha value is -0.580. The highest BCUT2D eigenvalue weighted by molar-refractivity contribution is 7.89. The first-order valence-corrected chi connectivity index (χ1v) is 9.00. The third-order valence-corrected chi connectivity index (χ3v) is 6.59. The van der Waals surface area contributed by atoms with E-state index in [1.165, 1.54) is 0 Å². The molecule has 1 heterocycles. The average Bonchev–Trinajstić information content (AvgIpc) is 2.89. The number of sulfonamides is 1. The molecule has 0 aromatic heterocycles. The van der Waals surface area contributed by atoms with Crippen LogP contribution in [0.15, 0.2) is 23.1 Å². The molecule has 2 rings (SSSR count). The van der Waals surface area contributed by atoms with Gasteiger partial charge in [0, 0.05) is 19.0 Å². The molecule has 0 N–H and O–H groups in total. The van der Waals surface area contributed by atoms with Gasteiger partial charge in [-0.3, -0.25) is 0 Å². The summed E-state index contributed by atoms with van der Waals surface area (Å²) in [5, 5.41) is 0. The van der Waals surface area contributed by atoms with Crippen molar-refractivity contribution in [1.82, 2.24) is 4.31 Å². The minimum Gasteiger partial charge on any atom is -0.207 e. The van der Waals surface area contributed by atoms with E-state index in [4.69, 9.17) is 11.6 Å². The van der Waals surface area contributed by atoms with E-state index in [0.29, 0.717) is 35.7 Å². The maximum Gasteiger partial charge on any atom is 0.243 e. The van der Waals surface area contributed by atoms with E-state index >= 15 is 0 Å². The quantitative estimate of drug-likeness (QED) is 0.799. The van der Waals surface area contributed by atoms with Crippen molar-refractivity contribution in [3.63, 3.8) is 0 Å². The van der Waals surface area contributed by atoms with Crippen molar-refractivity contribution in [2.45, 2.75) is 38.0 Å². The second-order valence-corrected chi connectivity index (χ2v) is 8.00. The fraction of sp³-hybridized carbons (Fsp3) is 0.600. The monoisotopic (exact) mass is 315 g/mol. The van der Waals surface area contributed by atoms with Gasteiger partial charge in [-0.2, -0.15) is 4.31 Å². The highest BCUT2D eigenvalue weighted by Gasteiger charge is 2.34. The Bertz CT molecular complexity index is 584. The van der Waals surface area contributed by atoms with Crippen LogP contribution in [-0.2, 0) is 15.9 Å². The first kappa shape index (κ1) is 15.8. The lowest BCUT2D eigenvalue weighted by atomic mass is 9.96. The summed E-state index contributed by atoms with van der Waals surface area (Å²) in [6.07, 6.45) is 0.950. The van der Waals surface area contributed by atoms with Crippen molar-refractivity contribution in [3.05, 3.63) is 29.3 Å². The summed E-state index contributed by atoms with van der Waals surface area (Å²) in [7, 11) is -3.39. The molecule has 3 nitrogen and oxygen atoms in total. The predicted octanol–water partition coefficient (Wildman–Crippen LogP) is 3.40. The van der Waals surface area contributed by atoms with E-state index < -0.39 is 10.0 Å². The normalized spacial score (nSPS) is 20.8. The Labute approximate surface area is 127 Å². The van der Waals surface area contributed by atoms with E-state index in [-0.39, 0.29) is 0 Å². The molecule has 0 saturated carbocycles. The van der Waals surface area contributed by atoms with E-state index in [2.05, 4.69) is 13.8 Å². The maximum absolute atomic E-state index is 12.8. The van der Waals surface area contributed by atoms with Crippen LogP contribution in [-0.4, -0.2) is 25.8 Å². The molecule has 20 heavy (non-hydrogen) atoms. The van der Waals surface area contributed by atoms with Gasteiger partial charge in [-0.15, -0.1) is 11.6 Å². The van der Waals surface area contributed by atoms with Gasteiger partial charge in [0.05, 0.1) is 4.90 Å². The van der Waals surface area contributed by atoms with E-state index in [9.17, 15) is 8.42 Å². The molecule has 1 saturated heterocycles. The minimum absolute atomic E-state index is 0.337. The molecular weight excluding hydrogens is 294 g/mol. The smallest absolute Gasteiger partial charge is 0.207 e. The summed E-state index contributed by atoms with van der Waals surface area (Å²) < 4.78 is 27.2.